The van der Waals surface area contributed by atoms with Gasteiger partial charge in [-0.15, -0.1) is 0 Å². The maximum atomic E-state index is 11.0. The quantitative estimate of drug-likeness (QED) is 0.493. The third-order valence-electron chi connectivity index (χ3n) is 1.37. The molecule has 5 nitrogen and oxygen atoms in total. The summed E-state index contributed by atoms with van der Waals surface area (Å²) in [5.74, 6) is -0.746. The minimum Gasteiger partial charge on any atom is -0.391 e. The SMILES string of the molecule is CNC(=O)[C@H](NC(C)=O)[C@@H](C)O. The molecule has 70 valence electrons. The first kappa shape index (κ1) is 10.9. The van der Waals surface area contributed by atoms with Crippen LogP contribution in [0.15, 0.2) is 0 Å². The van der Waals surface area contributed by atoms with Crippen LogP contribution < -0.4 is 10.6 Å². The van der Waals surface area contributed by atoms with Gasteiger partial charge in [0.05, 0.1) is 6.10 Å². The lowest BCUT2D eigenvalue weighted by molar-refractivity contribution is -0.130. The predicted octanol–water partition coefficient (Wildman–Crippen LogP) is -1.38. The Labute approximate surface area is 71.1 Å². The molecule has 0 radical (unpaired) electrons. The molecule has 0 unspecified atom stereocenters. The van der Waals surface area contributed by atoms with Crippen LogP contribution in [0.5, 0.6) is 0 Å². The molecule has 3 N–H and O–H groups in total. The van der Waals surface area contributed by atoms with Gasteiger partial charge in [0.2, 0.25) is 11.8 Å². The second-order valence-electron chi connectivity index (χ2n) is 2.53. The van der Waals surface area contributed by atoms with Crippen molar-refractivity contribution in [3.05, 3.63) is 0 Å². The van der Waals surface area contributed by atoms with Crippen LogP contribution in [0.2, 0.25) is 0 Å². The van der Waals surface area contributed by atoms with Gasteiger partial charge in [-0.05, 0) is 6.92 Å². The van der Waals surface area contributed by atoms with Crippen LogP contribution in [0.4, 0.5) is 0 Å². The Morgan fingerprint density at radius 2 is 1.92 bits per heavy atom. The Morgan fingerprint density at radius 3 is 2.17 bits per heavy atom. The summed E-state index contributed by atoms with van der Waals surface area (Å²) in [5.41, 5.74) is 0. The highest BCUT2D eigenvalue weighted by atomic mass is 16.3. The molecule has 2 atom stereocenters. The number of hydrogen-bond acceptors (Lipinski definition) is 3. The zero-order chi connectivity index (χ0) is 9.72. The lowest BCUT2D eigenvalue weighted by atomic mass is 10.1. The number of carbonyl (C=O) groups excluding carboxylic acids is 2. The van der Waals surface area contributed by atoms with Crippen molar-refractivity contribution in [2.24, 2.45) is 0 Å². The summed E-state index contributed by atoms with van der Waals surface area (Å²) in [6, 6.07) is -0.868. The summed E-state index contributed by atoms with van der Waals surface area (Å²) in [6.07, 6.45) is -0.895. The molecule has 0 aliphatic rings. The highest BCUT2D eigenvalue weighted by molar-refractivity contribution is 5.87. The van der Waals surface area contributed by atoms with Crippen LogP contribution in [0, 0.1) is 0 Å². The highest BCUT2D eigenvalue weighted by Crippen LogP contribution is 1.92. The first-order chi connectivity index (χ1) is 5.49. The van der Waals surface area contributed by atoms with Crippen molar-refractivity contribution in [3.63, 3.8) is 0 Å². The number of aliphatic hydroxyl groups excluding tert-OH is 1. The molecular weight excluding hydrogens is 160 g/mol. The van der Waals surface area contributed by atoms with Crippen LogP contribution in [0.3, 0.4) is 0 Å². The lowest BCUT2D eigenvalue weighted by Gasteiger charge is -2.18. The van der Waals surface area contributed by atoms with E-state index >= 15 is 0 Å². The molecule has 0 aromatic rings. The van der Waals surface area contributed by atoms with E-state index in [1.807, 2.05) is 0 Å². The largest absolute Gasteiger partial charge is 0.391 e. The topological polar surface area (TPSA) is 78.4 Å². The summed E-state index contributed by atoms with van der Waals surface area (Å²) in [6.45, 7) is 2.73. The van der Waals surface area contributed by atoms with E-state index < -0.39 is 18.1 Å². The normalized spacial score (nSPS) is 14.7. The smallest absolute Gasteiger partial charge is 0.245 e. The fourth-order valence-corrected chi connectivity index (χ4v) is 0.780. The van der Waals surface area contributed by atoms with Crippen molar-refractivity contribution in [1.29, 1.82) is 0 Å². The van der Waals surface area contributed by atoms with Gasteiger partial charge < -0.3 is 15.7 Å². The van der Waals surface area contributed by atoms with Crippen molar-refractivity contribution in [2.75, 3.05) is 7.05 Å². The zero-order valence-corrected chi connectivity index (χ0v) is 7.42. The van der Waals surface area contributed by atoms with Crippen molar-refractivity contribution >= 4 is 11.8 Å². The van der Waals surface area contributed by atoms with Gasteiger partial charge in [0.1, 0.15) is 6.04 Å². The number of carbonyl (C=O) groups is 2. The van der Waals surface area contributed by atoms with Gasteiger partial charge in [0.15, 0.2) is 0 Å². The molecule has 0 saturated carbocycles. The molecule has 0 aromatic carbocycles. The van der Waals surface area contributed by atoms with E-state index in [4.69, 9.17) is 5.11 Å². The van der Waals surface area contributed by atoms with Crippen molar-refractivity contribution in [1.82, 2.24) is 10.6 Å². The van der Waals surface area contributed by atoms with Gasteiger partial charge in [0.25, 0.3) is 0 Å². The minimum atomic E-state index is -0.895. The van der Waals surface area contributed by atoms with Gasteiger partial charge in [0, 0.05) is 14.0 Å². The monoisotopic (exact) mass is 174 g/mol. The predicted molar refractivity (Wildman–Crippen MR) is 43.4 cm³/mol. The van der Waals surface area contributed by atoms with Crippen molar-refractivity contribution in [2.45, 2.75) is 26.0 Å². The molecule has 5 heteroatoms. The van der Waals surface area contributed by atoms with E-state index in [0.717, 1.165) is 0 Å². The molecule has 0 heterocycles. The molecule has 0 aliphatic carbocycles. The molecule has 0 spiro atoms. The average Bonchev–Trinajstić information content (AvgIpc) is 1.98. The van der Waals surface area contributed by atoms with E-state index in [1.165, 1.54) is 20.9 Å². The Kier molecular flexibility index (Phi) is 4.28. The first-order valence-electron chi connectivity index (χ1n) is 3.65. The van der Waals surface area contributed by atoms with E-state index in [1.54, 1.807) is 0 Å². The summed E-state index contributed by atoms with van der Waals surface area (Å²) in [4.78, 5) is 21.6. The number of aliphatic hydroxyl groups is 1. The standard InChI is InChI=1S/C7H14N2O3/c1-4(10)6(7(12)8-3)9-5(2)11/h4,6,10H,1-3H3,(H,8,12)(H,9,11)/t4-,6-/m1/s1. The summed E-state index contributed by atoms with van der Waals surface area (Å²) >= 11 is 0. The van der Waals surface area contributed by atoms with E-state index in [0.29, 0.717) is 0 Å². The lowest BCUT2D eigenvalue weighted by Crippen LogP contribution is -2.51. The summed E-state index contributed by atoms with van der Waals surface area (Å²) < 4.78 is 0. The van der Waals surface area contributed by atoms with E-state index in [9.17, 15) is 9.59 Å². The van der Waals surface area contributed by atoms with Gasteiger partial charge in [-0.25, -0.2) is 0 Å². The molecule has 2 amide bonds. The van der Waals surface area contributed by atoms with Crippen molar-refractivity contribution < 1.29 is 14.7 Å². The summed E-state index contributed by atoms with van der Waals surface area (Å²) in [7, 11) is 1.44. The fourth-order valence-electron chi connectivity index (χ4n) is 0.780. The van der Waals surface area contributed by atoms with E-state index in [-0.39, 0.29) is 5.91 Å². The zero-order valence-electron chi connectivity index (χ0n) is 7.42. The molecule has 0 bridgehead atoms. The van der Waals surface area contributed by atoms with Crippen LogP contribution >= 0.6 is 0 Å². The number of nitrogens with one attached hydrogen (secondary N) is 2. The maximum Gasteiger partial charge on any atom is 0.245 e. The molecule has 0 fully saturated rings. The van der Waals surface area contributed by atoms with Gasteiger partial charge in [-0.3, -0.25) is 9.59 Å². The second-order valence-corrected chi connectivity index (χ2v) is 2.53. The molecule has 0 aliphatic heterocycles. The Bertz CT molecular complexity index is 179. The van der Waals surface area contributed by atoms with Gasteiger partial charge >= 0.3 is 0 Å². The highest BCUT2D eigenvalue weighted by Gasteiger charge is 2.22. The molecular formula is C7H14N2O3. The first-order valence-corrected chi connectivity index (χ1v) is 3.65. The van der Waals surface area contributed by atoms with Crippen LogP contribution in [-0.2, 0) is 9.59 Å². The number of likely N-dealkylation sites (N-methyl/N-ethyl adjacent to an activating group) is 1. The van der Waals surface area contributed by atoms with Crippen LogP contribution in [-0.4, -0.2) is 36.1 Å². The van der Waals surface area contributed by atoms with Crippen molar-refractivity contribution in [3.8, 4) is 0 Å². The number of rotatable bonds is 3. The number of hydrogen-bond donors (Lipinski definition) is 3. The molecule has 0 rings (SSSR count). The van der Waals surface area contributed by atoms with Crippen LogP contribution in [0.1, 0.15) is 13.8 Å². The fraction of sp³-hybridized carbons (Fsp3) is 0.714. The summed E-state index contributed by atoms with van der Waals surface area (Å²) in [5, 5.41) is 13.8. The molecule has 0 aromatic heterocycles. The Hall–Kier alpha value is -1.10. The Morgan fingerprint density at radius 1 is 1.42 bits per heavy atom. The molecule has 0 saturated heterocycles. The molecule has 12 heavy (non-hydrogen) atoms. The van der Waals surface area contributed by atoms with Crippen LogP contribution in [0.25, 0.3) is 0 Å². The minimum absolute atomic E-state index is 0.343. The maximum absolute atomic E-state index is 11.0. The van der Waals surface area contributed by atoms with E-state index in [2.05, 4.69) is 10.6 Å². The second kappa shape index (κ2) is 4.71. The Balaban J connectivity index is 4.23. The number of amides is 2. The van der Waals surface area contributed by atoms with Gasteiger partial charge in [-0.1, -0.05) is 0 Å². The third-order valence-corrected chi connectivity index (χ3v) is 1.37. The third kappa shape index (κ3) is 3.34. The van der Waals surface area contributed by atoms with Gasteiger partial charge in [-0.2, -0.15) is 0 Å². The average molecular weight is 174 g/mol.